The topological polar surface area (TPSA) is 12.9 Å². The van der Waals surface area contributed by atoms with Crippen molar-refractivity contribution in [2.75, 3.05) is 0 Å². The maximum atomic E-state index is 8.26. The van der Waals surface area contributed by atoms with Gasteiger partial charge in [-0.2, -0.15) is 0 Å². The van der Waals surface area contributed by atoms with Gasteiger partial charge in [0.25, 0.3) is 0 Å². The van der Waals surface area contributed by atoms with Gasteiger partial charge in [-0.1, -0.05) is 20.8 Å². The number of hydrogen-bond donors (Lipinski definition) is 0. The Labute approximate surface area is 105 Å². The number of fused-ring (bicyclic) bond motifs is 1. The van der Waals surface area contributed by atoms with Crippen molar-refractivity contribution in [3.05, 3.63) is 40.6 Å². The molecule has 2 aromatic rings. The van der Waals surface area contributed by atoms with Crippen molar-refractivity contribution in [1.29, 1.82) is 0 Å². The summed E-state index contributed by atoms with van der Waals surface area (Å²) in [5.74, 6) is 0. The van der Waals surface area contributed by atoms with Gasteiger partial charge in [-0.25, -0.2) is 0 Å². The maximum absolute atomic E-state index is 8.26. The van der Waals surface area contributed by atoms with Gasteiger partial charge in [0, 0.05) is 11.6 Å². The number of aryl methyl sites for hydroxylation is 1. The SMILES string of the molecule is [2H]c1c(C)c(C)c(C)c2c(C(C)(C)C)ccnc12. The molecule has 90 valence electrons. The highest BCUT2D eigenvalue weighted by Crippen LogP contribution is 2.33. The second-order valence-corrected chi connectivity index (χ2v) is 5.83. The predicted molar refractivity (Wildman–Crippen MR) is 74.7 cm³/mol. The summed E-state index contributed by atoms with van der Waals surface area (Å²) in [5.41, 5.74) is 5.70. The van der Waals surface area contributed by atoms with Crippen LogP contribution in [0.3, 0.4) is 0 Å². The summed E-state index contributed by atoms with van der Waals surface area (Å²) < 4.78 is 8.26. The Morgan fingerprint density at radius 3 is 2.35 bits per heavy atom. The van der Waals surface area contributed by atoms with Crippen molar-refractivity contribution in [3.63, 3.8) is 0 Å². The van der Waals surface area contributed by atoms with Gasteiger partial charge in [-0.05, 0) is 60.5 Å². The van der Waals surface area contributed by atoms with Crippen LogP contribution in [0.1, 0.15) is 44.4 Å². The average Bonchev–Trinajstić information content (AvgIpc) is 2.31. The quantitative estimate of drug-likeness (QED) is 0.649. The third-order valence-electron chi connectivity index (χ3n) is 3.56. The summed E-state index contributed by atoms with van der Waals surface area (Å²) >= 11 is 0. The number of hydrogen-bond acceptors (Lipinski definition) is 1. The molecule has 0 aliphatic carbocycles. The maximum Gasteiger partial charge on any atom is 0.0710 e. The fourth-order valence-corrected chi connectivity index (χ4v) is 2.30. The first kappa shape index (κ1) is 10.8. The van der Waals surface area contributed by atoms with E-state index in [-0.39, 0.29) is 5.41 Å². The van der Waals surface area contributed by atoms with Crippen molar-refractivity contribution in [2.24, 2.45) is 0 Å². The number of benzene rings is 1. The molecule has 2 rings (SSSR count). The summed E-state index contributed by atoms with van der Waals surface area (Å²) in [6.07, 6.45) is 1.83. The summed E-state index contributed by atoms with van der Waals surface area (Å²) in [4.78, 5) is 4.43. The first-order valence-corrected chi connectivity index (χ1v) is 6.10. The second-order valence-electron chi connectivity index (χ2n) is 5.83. The van der Waals surface area contributed by atoms with Crippen LogP contribution in [-0.4, -0.2) is 4.98 Å². The zero-order valence-corrected chi connectivity index (χ0v) is 11.6. The highest BCUT2D eigenvalue weighted by atomic mass is 14.6. The fourth-order valence-electron chi connectivity index (χ4n) is 2.30. The Hall–Kier alpha value is -1.37. The van der Waals surface area contributed by atoms with Crippen LogP contribution >= 0.6 is 0 Å². The van der Waals surface area contributed by atoms with Crippen molar-refractivity contribution in [1.82, 2.24) is 4.98 Å². The van der Waals surface area contributed by atoms with E-state index in [9.17, 15) is 0 Å². The lowest BCUT2D eigenvalue weighted by Gasteiger charge is -2.23. The number of rotatable bonds is 0. The van der Waals surface area contributed by atoms with E-state index in [1.807, 2.05) is 13.1 Å². The predicted octanol–water partition coefficient (Wildman–Crippen LogP) is 4.46. The molecule has 0 amide bonds. The summed E-state index contributed by atoms with van der Waals surface area (Å²) in [6, 6.07) is 2.66. The van der Waals surface area contributed by atoms with Crippen LogP contribution in [0, 0.1) is 20.8 Å². The normalized spacial score (nSPS) is 12.9. The Bertz CT molecular complexity index is 621. The fraction of sp³-hybridized carbons (Fsp3) is 0.438. The van der Waals surface area contributed by atoms with Crippen LogP contribution in [0.15, 0.2) is 18.3 Å². The van der Waals surface area contributed by atoms with Gasteiger partial charge in [0.15, 0.2) is 0 Å². The van der Waals surface area contributed by atoms with Gasteiger partial charge in [-0.15, -0.1) is 0 Å². The molecular formula is C16H21N. The van der Waals surface area contributed by atoms with E-state index in [1.165, 1.54) is 16.7 Å². The van der Waals surface area contributed by atoms with Gasteiger partial charge >= 0.3 is 0 Å². The minimum Gasteiger partial charge on any atom is -0.256 e. The summed E-state index contributed by atoms with van der Waals surface area (Å²) in [7, 11) is 0. The molecule has 0 saturated carbocycles. The third-order valence-corrected chi connectivity index (χ3v) is 3.56. The molecule has 0 aliphatic heterocycles. The molecular weight excluding hydrogens is 206 g/mol. The molecule has 0 radical (unpaired) electrons. The monoisotopic (exact) mass is 228 g/mol. The highest BCUT2D eigenvalue weighted by molar-refractivity contribution is 5.88. The Morgan fingerprint density at radius 2 is 1.76 bits per heavy atom. The van der Waals surface area contributed by atoms with Gasteiger partial charge in [0.1, 0.15) is 0 Å². The standard InChI is InChI=1S/C16H21N/c1-10-9-14-15(12(3)11(10)2)13(7-8-17-14)16(4,5)6/h7-9H,1-6H3/i9D. The van der Waals surface area contributed by atoms with Gasteiger partial charge in [-0.3, -0.25) is 4.98 Å². The van der Waals surface area contributed by atoms with Gasteiger partial charge in [0.2, 0.25) is 0 Å². The number of aromatic nitrogens is 1. The van der Waals surface area contributed by atoms with E-state index in [0.29, 0.717) is 6.04 Å². The van der Waals surface area contributed by atoms with Crippen molar-refractivity contribution in [2.45, 2.75) is 47.0 Å². The minimum absolute atomic E-state index is 0.0695. The van der Waals surface area contributed by atoms with Crippen LogP contribution in [0.2, 0.25) is 0 Å². The van der Waals surface area contributed by atoms with Crippen LogP contribution in [0.25, 0.3) is 10.9 Å². The molecule has 0 bridgehead atoms. The number of pyridine rings is 1. The van der Waals surface area contributed by atoms with Crippen molar-refractivity contribution >= 4 is 10.9 Å². The lowest BCUT2D eigenvalue weighted by Crippen LogP contribution is -2.13. The molecule has 0 saturated heterocycles. The largest absolute Gasteiger partial charge is 0.256 e. The minimum atomic E-state index is 0.0695. The Morgan fingerprint density at radius 1 is 1.12 bits per heavy atom. The molecule has 1 aromatic carbocycles. The van der Waals surface area contributed by atoms with Gasteiger partial charge < -0.3 is 0 Å². The van der Waals surface area contributed by atoms with E-state index in [0.717, 1.165) is 16.5 Å². The third kappa shape index (κ3) is 1.95. The lowest BCUT2D eigenvalue weighted by molar-refractivity contribution is 0.595. The molecule has 1 nitrogen and oxygen atoms in total. The molecule has 1 aromatic heterocycles. The zero-order valence-electron chi connectivity index (χ0n) is 12.6. The summed E-state index contributed by atoms with van der Waals surface area (Å²) in [6.45, 7) is 12.9. The van der Waals surface area contributed by atoms with E-state index < -0.39 is 0 Å². The van der Waals surface area contributed by atoms with E-state index in [2.05, 4.69) is 45.7 Å². The second kappa shape index (κ2) is 3.83. The first-order valence-electron chi connectivity index (χ1n) is 6.60. The zero-order chi connectivity index (χ0) is 13.7. The summed E-state index contributed by atoms with van der Waals surface area (Å²) in [5, 5.41) is 1.16. The molecule has 0 spiro atoms. The average molecular weight is 228 g/mol. The van der Waals surface area contributed by atoms with Gasteiger partial charge in [0.05, 0.1) is 6.89 Å². The van der Waals surface area contributed by atoms with Crippen molar-refractivity contribution < 1.29 is 1.37 Å². The van der Waals surface area contributed by atoms with Crippen LogP contribution in [0.4, 0.5) is 0 Å². The molecule has 0 fully saturated rings. The molecule has 1 heteroatoms. The highest BCUT2D eigenvalue weighted by Gasteiger charge is 2.19. The van der Waals surface area contributed by atoms with E-state index in [4.69, 9.17) is 1.37 Å². The van der Waals surface area contributed by atoms with Crippen LogP contribution < -0.4 is 0 Å². The van der Waals surface area contributed by atoms with Crippen LogP contribution in [-0.2, 0) is 5.41 Å². The van der Waals surface area contributed by atoms with E-state index >= 15 is 0 Å². The smallest absolute Gasteiger partial charge is 0.0710 e. The molecule has 0 aliphatic rings. The molecule has 0 atom stereocenters. The Balaban J connectivity index is 3.03. The van der Waals surface area contributed by atoms with Crippen LogP contribution in [0.5, 0.6) is 0 Å². The Kier molecular flexibility index (Phi) is 2.43. The molecule has 0 unspecified atom stereocenters. The molecule has 17 heavy (non-hydrogen) atoms. The van der Waals surface area contributed by atoms with E-state index in [1.54, 1.807) is 0 Å². The molecule has 0 N–H and O–H groups in total. The molecule has 1 heterocycles. The lowest BCUT2D eigenvalue weighted by atomic mass is 9.82. The first-order chi connectivity index (χ1) is 8.25. The number of nitrogens with zero attached hydrogens (tertiary/aromatic N) is 1. The van der Waals surface area contributed by atoms with Crippen molar-refractivity contribution in [3.8, 4) is 0 Å².